The van der Waals surface area contributed by atoms with Crippen molar-refractivity contribution in [2.75, 3.05) is 0 Å². The largest absolute Gasteiger partial charge is 0.458 e. The van der Waals surface area contributed by atoms with E-state index in [0.29, 0.717) is 11.6 Å². The Morgan fingerprint density at radius 2 is 1.96 bits per heavy atom. The average Bonchev–Trinajstić information content (AvgIpc) is 2.56. The Morgan fingerprint density at radius 3 is 2.75 bits per heavy atom. The Morgan fingerprint density at radius 1 is 1.17 bits per heavy atom. The van der Waals surface area contributed by atoms with Crippen molar-refractivity contribution in [2.45, 2.75) is 39.8 Å². The summed E-state index contributed by atoms with van der Waals surface area (Å²) >= 11 is 0. The highest BCUT2D eigenvalue weighted by molar-refractivity contribution is 5.83. The maximum Gasteiger partial charge on any atom is 0.317 e. The Bertz CT molecular complexity index is 972. The van der Waals surface area contributed by atoms with E-state index in [1.54, 1.807) is 0 Å². The highest BCUT2D eigenvalue weighted by atomic mass is 16.5. The van der Waals surface area contributed by atoms with E-state index in [-0.39, 0.29) is 12.2 Å². The highest BCUT2D eigenvalue weighted by Crippen LogP contribution is 2.24. The van der Waals surface area contributed by atoms with Crippen molar-refractivity contribution in [3.63, 3.8) is 0 Å². The molecule has 1 aliphatic rings. The summed E-state index contributed by atoms with van der Waals surface area (Å²) in [6.45, 7) is 4.75. The first-order valence-electron chi connectivity index (χ1n) is 8.21. The van der Waals surface area contributed by atoms with Crippen molar-refractivity contribution < 1.29 is 4.74 Å². The van der Waals surface area contributed by atoms with Crippen LogP contribution < -0.4 is 10.3 Å². The quantitative estimate of drug-likeness (QED) is 0.744. The molecule has 4 rings (SSSR count). The van der Waals surface area contributed by atoms with E-state index in [9.17, 15) is 4.79 Å². The molecule has 3 heterocycles. The van der Waals surface area contributed by atoms with Crippen LogP contribution in [0.25, 0.3) is 10.9 Å². The molecule has 5 heteroatoms. The minimum Gasteiger partial charge on any atom is -0.458 e. The normalized spacial score (nSPS) is 13.2. The number of hydrogen-bond donors (Lipinski definition) is 0. The van der Waals surface area contributed by atoms with Gasteiger partial charge >= 0.3 is 6.01 Å². The molecule has 0 radical (unpaired) electrons. The minimum atomic E-state index is 0.0269. The molecule has 1 aliphatic heterocycles. The van der Waals surface area contributed by atoms with E-state index in [4.69, 9.17) is 4.74 Å². The maximum atomic E-state index is 12.8. The number of benzene rings is 1. The summed E-state index contributed by atoms with van der Waals surface area (Å²) in [5.41, 5.74) is 4.70. The lowest BCUT2D eigenvalue weighted by Gasteiger charge is -2.20. The smallest absolute Gasteiger partial charge is 0.317 e. The van der Waals surface area contributed by atoms with Gasteiger partial charge in [-0.25, -0.2) is 9.97 Å². The van der Waals surface area contributed by atoms with Crippen LogP contribution >= 0.6 is 0 Å². The molecule has 122 valence electrons. The van der Waals surface area contributed by atoms with E-state index in [2.05, 4.69) is 28.2 Å². The molecule has 0 unspecified atom stereocenters. The van der Waals surface area contributed by atoms with Crippen LogP contribution in [0.5, 0.6) is 6.01 Å². The van der Waals surface area contributed by atoms with Gasteiger partial charge in [0.1, 0.15) is 6.61 Å². The third-order valence-corrected chi connectivity index (χ3v) is 4.42. The van der Waals surface area contributed by atoms with Gasteiger partial charge in [0.2, 0.25) is 0 Å². The number of para-hydroxylation sites is 1. The van der Waals surface area contributed by atoms with Crippen molar-refractivity contribution in [3.05, 3.63) is 63.2 Å². The lowest BCUT2D eigenvalue weighted by Crippen LogP contribution is -2.28. The first-order chi connectivity index (χ1) is 11.6. The lowest BCUT2D eigenvalue weighted by molar-refractivity contribution is 0.277. The standard InChI is InChI=1S/C19H19N3O2/c1-12-9-13(2)21-19(20-12)24-11-16-10-15-6-3-5-14-7-4-8-22(17(14)15)18(16)23/h3,5-6,9-10H,4,7-8,11H2,1-2H3. The van der Waals surface area contributed by atoms with Crippen LogP contribution in [-0.4, -0.2) is 14.5 Å². The summed E-state index contributed by atoms with van der Waals surface area (Å²) in [6, 6.07) is 10.4. The fourth-order valence-corrected chi connectivity index (χ4v) is 3.43. The molecule has 0 spiro atoms. The van der Waals surface area contributed by atoms with Gasteiger partial charge in [0, 0.05) is 17.9 Å². The Balaban J connectivity index is 1.72. The maximum absolute atomic E-state index is 12.8. The van der Waals surface area contributed by atoms with E-state index in [1.165, 1.54) is 5.56 Å². The van der Waals surface area contributed by atoms with Crippen LogP contribution in [-0.2, 0) is 19.6 Å². The molecule has 0 saturated carbocycles. The highest BCUT2D eigenvalue weighted by Gasteiger charge is 2.16. The van der Waals surface area contributed by atoms with Gasteiger partial charge in [-0.1, -0.05) is 18.2 Å². The Labute approximate surface area is 139 Å². The molecule has 3 aromatic rings. The van der Waals surface area contributed by atoms with Crippen molar-refractivity contribution in [3.8, 4) is 6.01 Å². The van der Waals surface area contributed by atoms with Crippen LogP contribution in [0.2, 0.25) is 0 Å². The molecule has 0 saturated heterocycles. The number of hydrogen-bond acceptors (Lipinski definition) is 4. The van der Waals surface area contributed by atoms with E-state index in [1.807, 2.05) is 30.5 Å². The average molecular weight is 321 g/mol. The zero-order chi connectivity index (χ0) is 16.7. The third kappa shape index (κ3) is 2.56. The molecule has 0 aliphatic carbocycles. The molecule has 2 aromatic heterocycles. The zero-order valence-electron chi connectivity index (χ0n) is 13.9. The SMILES string of the molecule is Cc1cc(C)nc(OCc2cc3cccc4c3n(c2=O)CCC4)n1. The number of ether oxygens (including phenoxy) is 1. The van der Waals surface area contributed by atoms with Crippen molar-refractivity contribution in [2.24, 2.45) is 0 Å². The Kier molecular flexibility index (Phi) is 3.56. The minimum absolute atomic E-state index is 0.0269. The first kappa shape index (κ1) is 14.9. The van der Waals surface area contributed by atoms with Gasteiger partial charge in [-0.2, -0.15) is 0 Å². The second-order valence-corrected chi connectivity index (χ2v) is 6.31. The molecule has 0 amide bonds. The van der Waals surface area contributed by atoms with Gasteiger partial charge in [0.15, 0.2) is 0 Å². The summed E-state index contributed by atoms with van der Waals surface area (Å²) in [5, 5.41) is 1.09. The van der Waals surface area contributed by atoms with Crippen LogP contribution in [0.15, 0.2) is 35.1 Å². The van der Waals surface area contributed by atoms with Crippen LogP contribution in [0, 0.1) is 13.8 Å². The summed E-state index contributed by atoms with van der Waals surface area (Å²) in [7, 11) is 0. The second kappa shape index (κ2) is 5.74. The monoisotopic (exact) mass is 321 g/mol. The first-order valence-corrected chi connectivity index (χ1v) is 8.21. The summed E-state index contributed by atoms with van der Waals surface area (Å²) in [4.78, 5) is 21.3. The summed E-state index contributed by atoms with van der Waals surface area (Å²) in [5.74, 6) is 0. The fraction of sp³-hybridized carbons (Fsp3) is 0.316. The molecule has 5 nitrogen and oxygen atoms in total. The molecule has 0 fully saturated rings. The number of aryl methyl sites for hydroxylation is 4. The van der Waals surface area contributed by atoms with Gasteiger partial charge in [-0.3, -0.25) is 4.79 Å². The second-order valence-electron chi connectivity index (χ2n) is 6.31. The summed E-state index contributed by atoms with van der Waals surface area (Å²) in [6.07, 6.45) is 2.03. The van der Waals surface area contributed by atoms with E-state index >= 15 is 0 Å². The number of aromatic nitrogens is 3. The third-order valence-electron chi connectivity index (χ3n) is 4.42. The van der Waals surface area contributed by atoms with Crippen LogP contribution in [0.4, 0.5) is 0 Å². The van der Waals surface area contributed by atoms with Gasteiger partial charge in [0.05, 0.1) is 11.1 Å². The van der Waals surface area contributed by atoms with Crippen molar-refractivity contribution in [1.29, 1.82) is 0 Å². The predicted molar refractivity (Wildman–Crippen MR) is 92.4 cm³/mol. The molecule has 1 aromatic carbocycles. The topological polar surface area (TPSA) is 57.0 Å². The molecular weight excluding hydrogens is 302 g/mol. The van der Waals surface area contributed by atoms with Crippen LogP contribution in [0.1, 0.15) is 28.9 Å². The zero-order valence-corrected chi connectivity index (χ0v) is 13.9. The number of pyridine rings is 1. The molecule has 0 atom stereocenters. The number of rotatable bonds is 3. The molecular formula is C19H19N3O2. The van der Waals surface area contributed by atoms with Crippen molar-refractivity contribution >= 4 is 10.9 Å². The van der Waals surface area contributed by atoms with Gasteiger partial charge < -0.3 is 9.30 Å². The van der Waals surface area contributed by atoms with Gasteiger partial charge in [-0.15, -0.1) is 0 Å². The molecule has 0 N–H and O–H groups in total. The molecule has 24 heavy (non-hydrogen) atoms. The van der Waals surface area contributed by atoms with Crippen molar-refractivity contribution in [1.82, 2.24) is 14.5 Å². The van der Waals surface area contributed by atoms with Gasteiger partial charge in [0.25, 0.3) is 5.56 Å². The lowest BCUT2D eigenvalue weighted by atomic mass is 10.0. The fourth-order valence-electron chi connectivity index (χ4n) is 3.43. The summed E-state index contributed by atoms with van der Waals surface area (Å²) < 4.78 is 7.58. The van der Waals surface area contributed by atoms with E-state index < -0.39 is 0 Å². The molecule has 0 bridgehead atoms. The Hall–Kier alpha value is -2.69. The predicted octanol–water partition coefficient (Wildman–Crippen LogP) is 2.93. The number of nitrogens with zero attached hydrogens (tertiary/aromatic N) is 3. The van der Waals surface area contributed by atoms with E-state index in [0.717, 1.165) is 41.7 Å². The van der Waals surface area contributed by atoms with Crippen LogP contribution in [0.3, 0.4) is 0 Å². The van der Waals surface area contributed by atoms with Gasteiger partial charge in [-0.05, 0) is 49.8 Å².